The van der Waals surface area contributed by atoms with E-state index in [2.05, 4.69) is 0 Å². The zero-order valence-electron chi connectivity index (χ0n) is 14.8. The lowest BCUT2D eigenvalue weighted by Crippen LogP contribution is -2.46. The number of methoxy groups -OCH3 is 2. The fraction of sp³-hybridized carbons (Fsp3) is 0.632. The monoisotopic (exact) mass is 334 g/mol. The van der Waals surface area contributed by atoms with Crippen molar-refractivity contribution in [1.82, 2.24) is 4.90 Å². The van der Waals surface area contributed by atoms with Crippen LogP contribution in [0.3, 0.4) is 0 Å². The molecule has 0 spiro atoms. The minimum absolute atomic E-state index is 0.0640. The lowest BCUT2D eigenvalue weighted by Gasteiger charge is -2.33. The fourth-order valence-corrected chi connectivity index (χ4v) is 3.36. The first-order chi connectivity index (χ1) is 11.7. The number of carbonyl (C=O) groups excluding carboxylic acids is 1. The molecule has 1 aliphatic rings. The lowest BCUT2D eigenvalue weighted by atomic mass is 9.88. The molecule has 0 heterocycles. The molecule has 1 amide bonds. The van der Waals surface area contributed by atoms with Crippen LogP contribution in [0.4, 0.5) is 0 Å². The molecule has 2 rings (SSSR count). The molecule has 0 radical (unpaired) electrons. The Morgan fingerprint density at radius 1 is 1.17 bits per heavy atom. The summed E-state index contributed by atoms with van der Waals surface area (Å²) in [5, 5.41) is 0. The summed E-state index contributed by atoms with van der Waals surface area (Å²) in [6.07, 6.45) is 5.71. The van der Waals surface area contributed by atoms with E-state index in [-0.39, 0.29) is 5.91 Å². The summed E-state index contributed by atoms with van der Waals surface area (Å²) in [6.45, 7) is 1.13. The zero-order chi connectivity index (χ0) is 17.4. The van der Waals surface area contributed by atoms with Gasteiger partial charge in [-0.05, 0) is 24.3 Å². The van der Waals surface area contributed by atoms with Crippen LogP contribution in [-0.2, 0) is 14.3 Å². The third kappa shape index (κ3) is 5.30. The molecule has 134 valence electrons. The van der Waals surface area contributed by atoms with Crippen LogP contribution in [0.2, 0.25) is 0 Å². The lowest BCUT2D eigenvalue weighted by molar-refractivity contribution is -0.148. The quantitative estimate of drug-likeness (QED) is 0.743. The Labute approximate surface area is 145 Å². The molecule has 0 unspecified atom stereocenters. The van der Waals surface area contributed by atoms with E-state index in [0.717, 1.165) is 12.1 Å². The molecule has 1 saturated carbocycles. The number of rotatable bonds is 8. The van der Waals surface area contributed by atoms with Crippen LogP contribution in [0.5, 0.6) is 0 Å². The van der Waals surface area contributed by atoms with E-state index in [1.165, 1.54) is 32.1 Å². The highest BCUT2D eigenvalue weighted by Crippen LogP contribution is 2.25. The maximum absolute atomic E-state index is 13.0. The van der Waals surface area contributed by atoms with Crippen molar-refractivity contribution in [3.63, 3.8) is 0 Å². The molecule has 0 saturated heterocycles. The Kier molecular flexibility index (Phi) is 7.69. The molecule has 1 aliphatic carbocycles. The predicted molar refractivity (Wildman–Crippen MR) is 94.3 cm³/mol. The van der Waals surface area contributed by atoms with E-state index in [9.17, 15) is 4.79 Å². The van der Waals surface area contributed by atoms with Gasteiger partial charge >= 0.3 is 0 Å². The number of hydrogen-bond donors (Lipinski definition) is 1. The highest BCUT2D eigenvalue weighted by molar-refractivity contribution is 5.83. The van der Waals surface area contributed by atoms with E-state index in [0.29, 0.717) is 12.5 Å². The van der Waals surface area contributed by atoms with Crippen molar-refractivity contribution in [3.8, 4) is 0 Å². The average Bonchev–Trinajstić information content (AvgIpc) is 2.65. The molecule has 5 heteroatoms. The summed E-state index contributed by atoms with van der Waals surface area (Å²) in [5.74, 6) is 0.478. The van der Waals surface area contributed by atoms with Crippen LogP contribution in [0, 0.1) is 5.92 Å². The summed E-state index contributed by atoms with van der Waals surface area (Å²) < 4.78 is 10.6. The van der Waals surface area contributed by atoms with E-state index < -0.39 is 12.3 Å². The number of carbonyl (C=O) groups is 1. The molecule has 5 nitrogen and oxygen atoms in total. The van der Waals surface area contributed by atoms with Gasteiger partial charge in [0, 0.05) is 20.8 Å². The second-order valence-corrected chi connectivity index (χ2v) is 6.54. The van der Waals surface area contributed by atoms with Gasteiger partial charge in [0.25, 0.3) is 0 Å². The molecule has 0 aromatic heterocycles. The molecule has 2 N–H and O–H groups in total. The average molecular weight is 334 g/mol. The fourth-order valence-electron chi connectivity index (χ4n) is 3.36. The summed E-state index contributed by atoms with van der Waals surface area (Å²) >= 11 is 0. The van der Waals surface area contributed by atoms with Gasteiger partial charge in [0.2, 0.25) is 5.91 Å². The highest BCUT2D eigenvalue weighted by atomic mass is 16.7. The molecule has 24 heavy (non-hydrogen) atoms. The predicted octanol–water partition coefficient (Wildman–Crippen LogP) is 2.71. The van der Waals surface area contributed by atoms with E-state index >= 15 is 0 Å². The Bertz CT molecular complexity index is 485. The van der Waals surface area contributed by atoms with E-state index in [1.54, 1.807) is 14.2 Å². The van der Waals surface area contributed by atoms with Crippen LogP contribution >= 0.6 is 0 Å². The first kappa shape index (κ1) is 18.9. The van der Waals surface area contributed by atoms with Gasteiger partial charge in [-0.1, -0.05) is 49.6 Å². The SMILES string of the molecule is COC(CN(CC1CCCCC1)C(=O)[C@@H](N)c1ccccc1)OC. The maximum Gasteiger partial charge on any atom is 0.244 e. The molecular formula is C19H30N2O3. The summed E-state index contributed by atoms with van der Waals surface area (Å²) in [6, 6.07) is 8.87. The van der Waals surface area contributed by atoms with Crippen molar-refractivity contribution >= 4 is 5.91 Å². The molecule has 1 atom stereocenters. The van der Waals surface area contributed by atoms with Crippen molar-refractivity contribution in [1.29, 1.82) is 0 Å². The van der Waals surface area contributed by atoms with Crippen molar-refractivity contribution in [2.24, 2.45) is 11.7 Å². The van der Waals surface area contributed by atoms with Gasteiger partial charge in [-0.25, -0.2) is 0 Å². The minimum Gasteiger partial charge on any atom is -0.354 e. The van der Waals surface area contributed by atoms with Gasteiger partial charge in [-0.3, -0.25) is 4.79 Å². The van der Waals surface area contributed by atoms with Crippen LogP contribution in [0.25, 0.3) is 0 Å². The number of nitrogens with two attached hydrogens (primary N) is 1. The molecule has 1 fully saturated rings. The highest BCUT2D eigenvalue weighted by Gasteiger charge is 2.27. The Hall–Kier alpha value is -1.43. The van der Waals surface area contributed by atoms with Crippen molar-refractivity contribution in [2.45, 2.75) is 44.4 Å². The minimum atomic E-state index is -0.649. The van der Waals surface area contributed by atoms with Gasteiger partial charge in [0.15, 0.2) is 6.29 Å². The number of nitrogens with zero attached hydrogens (tertiary/aromatic N) is 1. The Balaban J connectivity index is 2.08. The van der Waals surface area contributed by atoms with Gasteiger partial charge in [0.05, 0.1) is 6.54 Å². The maximum atomic E-state index is 13.0. The first-order valence-corrected chi connectivity index (χ1v) is 8.80. The van der Waals surface area contributed by atoms with Gasteiger partial charge < -0.3 is 20.1 Å². The van der Waals surface area contributed by atoms with Gasteiger partial charge in [-0.2, -0.15) is 0 Å². The second-order valence-electron chi connectivity index (χ2n) is 6.54. The smallest absolute Gasteiger partial charge is 0.244 e. The molecule has 0 bridgehead atoms. The third-order valence-electron chi connectivity index (χ3n) is 4.83. The van der Waals surface area contributed by atoms with Crippen molar-refractivity contribution in [3.05, 3.63) is 35.9 Å². The first-order valence-electron chi connectivity index (χ1n) is 8.80. The molecule has 1 aromatic rings. The normalized spacial score (nSPS) is 17.0. The molecule has 1 aromatic carbocycles. The summed E-state index contributed by atoms with van der Waals surface area (Å²) in [4.78, 5) is 14.8. The van der Waals surface area contributed by atoms with Gasteiger partial charge in [0.1, 0.15) is 6.04 Å². The summed E-state index contributed by atoms with van der Waals surface area (Å²) in [5.41, 5.74) is 7.07. The van der Waals surface area contributed by atoms with Crippen LogP contribution < -0.4 is 5.73 Å². The molecular weight excluding hydrogens is 304 g/mol. The van der Waals surface area contributed by atoms with Crippen molar-refractivity contribution in [2.75, 3.05) is 27.3 Å². The zero-order valence-corrected chi connectivity index (χ0v) is 14.8. The van der Waals surface area contributed by atoms with Crippen LogP contribution in [-0.4, -0.2) is 44.4 Å². The number of benzene rings is 1. The van der Waals surface area contributed by atoms with E-state index in [1.807, 2.05) is 35.2 Å². The number of ether oxygens (including phenoxy) is 2. The largest absolute Gasteiger partial charge is 0.354 e. The standard InChI is InChI=1S/C19H30N2O3/c1-23-17(24-2)14-21(13-15-9-5-3-6-10-15)19(22)18(20)16-11-7-4-8-12-16/h4,7-8,11-12,15,17-18H,3,5-6,9-10,13-14,20H2,1-2H3/t18-/m0/s1. The third-order valence-corrected chi connectivity index (χ3v) is 4.83. The van der Waals surface area contributed by atoms with Crippen LogP contribution in [0.1, 0.15) is 43.7 Å². The number of amides is 1. The Morgan fingerprint density at radius 2 is 1.79 bits per heavy atom. The Morgan fingerprint density at radius 3 is 2.38 bits per heavy atom. The topological polar surface area (TPSA) is 64.8 Å². The van der Waals surface area contributed by atoms with Gasteiger partial charge in [-0.15, -0.1) is 0 Å². The second kappa shape index (κ2) is 9.77. The molecule has 0 aliphatic heterocycles. The summed E-state index contributed by atoms with van der Waals surface area (Å²) in [7, 11) is 3.18. The van der Waals surface area contributed by atoms with E-state index in [4.69, 9.17) is 15.2 Å². The van der Waals surface area contributed by atoms with Crippen molar-refractivity contribution < 1.29 is 14.3 Å². The van der Waals surface area contributed by atoms with Crippen LogP contribution in [0.15, 0.2) is 30.3 Å². The number of hydrogen-bond acceptors (Lipinski definition) is 4.